The van der Waals surface area contributed by atoms with Crippen molar-refractivity contribution in [3.8, 4) is 16.9 Å². The molecule has 1 aromatic heterocycles. The van der Waals surface area contributed by atoms with E-state index >= 15 is 0 Å². The summed E-state index contributed by atoms with van der Waals surface area (Å²) in [7, 11) is 1.66. The minimum atomic E-state index is 0.695. The van der Waals surface area contributed by atoms with Gasteiger partial charge in [-0.15, -0.1) is 0 Å². The van der Waals surface area contributed by atoms with E-state index in [0.717, 1.165) is 33.7 Å². The highest BCUT2D eigenvalue weighted by atomic mass is 16.5. The molecule has 5 nitrogen and oxygen atoms in total. The zero-order valence-electron chi connectivity index (χ0n) is 12.7. The lowest BCUT2D eigenvalue weighted by molar-refractivity contribution is 0.419. The molecule has 0 spiro atoms. The van der Waals surface area contributed by atoms with Crippen LogP contribution in [0.4, 0.5) is 5.82 Å². The number of methoxy groups -OCH3 is 1. The molecule has 4 rings (SSSR count). The Morgan fingerprint density at radius 3 is 2.70 bits per heavy atom. The van der Waals surface area contributed by atoms with Crippen LogP contribution in [0.5, 0.6) is 5.75 Å². The number of anilines is 1. The van der Waals surface area contributed by atoms with Crippen molar-refractivity contribution in [2.75, 3.05) is 18.7 Å². The van der Waals surface area contributed by atoms with Crippen molar-refractivity contribution in [2.45, 2.75) is 0 Å². The van der Waals surface area contributed by atoms with E-state index in [4.69, 9.17) is 9.72 Å². The maximum atomic E-state index is 5.48. The summed E-state index contributed by atoms with van der Waals surface area (Å²) in [4.78, 5) is 11.4. The molecule has 0 saturated carbocycles. The Hall–Kier alpha value is -3.08. The Morgan fingerprint density at radius 2 is 1.96 bits per heavy atom. The minimum absolute atomic E-state index is 0.695. The molecule has 0 unspecified atom stereocenters. The van der Waals surface area contributed by atoms with Crippen molar-refractivity contribution in [3.63, 3.8) is 0 Å². The van der Waals surface area contributed by atoms with E-state index in [0.29, 0.717) is 6.67 Å². The Labute approximate surface area is 134 Å². The molecule has 0 saturated heterocycles. The average molecular weight is 304 g/mol. The number of fused-ring (bicyclic) bond motifs is 1. The van der Waals surface area contributed by atoms with Gasteiger partial charge in [-0.25, -0.2) is 9.97 Å². The molecule has 0 aliphatic carbocycles. The van der Waals surface area contributed by atoms with Crippen LogP contribution in [0, 0.1) is 0 Å². The molecule has 114 valence electrons. The average Bonchev–Trinajstić information content (AvgIpc) is 3.15. The maximum Gasteiger partial charge on any atom is 0.153 e. The van der Waals surface area contributed by atoms with Gasteiger partial charge in [0.1, 0.15) is 16.8 Å². The second-order valence-electron chi connectivity index (χ2n) is 5.25. The summed E-state index contributed by atoms with van der Waals surface area (Å²) in [5.74, 6) is 1.52. The van der Waals surface area contributed by atoms with Crippen LogP contribution in [0.25, 0.3) is 22.2 Å². The third kappa shape index (κ3) is 2.36. The molecule has 0 amide bonds. The third-order valence-corrected chi connectivity index (χ3v) is 3.88. The molecule has 1 aliphatic rings. The minimum Gasteiger partial charge on any atom is -0.494 e. The number of hydrogen-bond acceptors (Lipinski definition) is 5. The van der Waals surface area contributed by atoms with E-state index in [1.807, 2.05) is 47.6 Å². The molecule has 0 radical (unpaired) electrons. The van der Waals surface area contributed by atoms with Gasteiger partial charge in [-0.05, 0) is 17.7 Å². The quantitative estimate of drug-likeness (QED) is 0.805. The molecule has 0 atom stereocenters. The molecule has 2 heterocycles. The molecule has 1 N–H and O–H groups in total. The predicted molar refractivity (Wildman–Crippen MR) is 91.1 cm³/mol. The van der Waals surface area contributed by atoms with Gasteiger partial charge in [0, 0.05) is 18.0 Å². The number of benzene rings is 2. The van der Waals surface area contributed by atoms with Crippen molar-refractivity contribution in [1.29, 1.82) is 0 Å². The number of nitrogens with one attached hydrogen (secondary N) is 1. The Morgan fingerprint density at radius 1 is 1.09 bits per heavy atom. The molecule has 1 aliphatic heterocycles. The zero-order valence-corrected chi connectivity index (χ0v) is 12.7. The van der Waals surface area contributed by atoms with Gasteiger partial charge in [-0.3, -0.25) is 0 Å². The summed E-state index contributed by atoms with van der Waals surface area (Å²) in [6.45, 7) is 0.695. The summed E-state index contributed by atoms with van der Waals surface area (Å²) in [6, 6.07) is 14.2. The lowest BCUT2D eigenvalue weighted by atomic mass is 10.0. The second kappa shape index (κ2) is 5.61. The first-order valence-corrected chi connectivity index (χ1v) is 7.43. The van der Waals surface area contributed by atoms with Crippen molar-refractivity contribution >= 4 is 16.9 Å². The highest BCUT2D eigenvalue weighted by molar-refractivity contribution is 5.95. The van der Waals surface area contributed by atoms with Gasteiger partial charge >= 0.3 is 0 Å². The maximum absolute atomic E-state index is 5.48. The number of hydrogen-bond donors (Lipinski definition) is 1. The molecular formula is C18H16N4O. The van der Waals surface area contributed by atoms with Gasteiger partial charge in [-0.2, -0.15) is 0 Å². The fourth-order valence-corrected chi connectivity index (χ4v) is 2.72. The third-order valence-electron chi connectivity index (χ3n) is 3.88. The highest BCUT2D eigenvalue weighted by Gasteiger charge is 2.15. The van der Waals surface area contributed by atoms with Gasteiger partial charge in [0.15, 0.2) is 5.82 Å². The highest BCUT2D eigenvalue weighted by Crippen LogP contribution is 2.33. The van der Waals surface area contributed by atoms with Crippen LogP contribution >= 0.6 is 0 Å². The number of aromatic nitrogens is 2. The summed E-state index contributed by atoms with van der Waals surface area (Å²) >= 11 is 0. The van der Waals surface area contributed by atoms with Crippen LogP contribution in [-0.4, -0.2) is 23.7 Å². The van der Waals surface area contributed by atoms with Gasteiger partial charge in [-0.1, -0.05) is 30.3 Å². The predicted octanol–water partition coefficient (Wildman–Crippen LogP) is 3.14. The standard InChI is InChI=1S/C18H16N4O/c1-23-15-8-7-14(13-5-3-2-4-6-13)17-18(15)21-16(11-20-17)22-10-9-19-12-22/h2-11,19H,12H2,1H3. The smallest absolute Gasteiger partial charge is 0.153 e. The zero-order chi connectivity index (χ0) is 15.6. The van der Waals surface area contributed by atoms with Crippen LogP contribution in [0.1, 0.15) is 0 Å². The Bertz CT molecular complexity index is 877. The van der Waals surface area contributed by atoms with E-state index in [2.05, 4.69) is 22.4 Å². The largest absolute Gasteiger partial charge is 0.494 e. The number of ether oxygens (including phenoxy) is 1. The molecule has 23 heavy (non-hydrogen) atoms. The topological polar surface area (TPSA) is 50.3 Å². The Balaban J connectivity index is 1.92. The van der Waals surface area contributed by atoms with E-state index in [9.17, 15) is 0 Å². The summed E-state index contributed by atoms with van der Waals surface area (Å²) in [5, 5.41) is 3.13. The van der Waals surface area contributed by atoms with Crippen molar-refractivity contribution < 1.29 is 4.74 Å². The second-order valence-corrected chi connectivity index (χ2v) is 5.25. The van der Waals surface area contributed by atoms with Crippen LogP contribution in [0.15, 0.2) is 61.1 Å². The lowest BCUT2D eigenvalue weighted by Crippen LogP contribution is -2.20. The van der Waals surface area contributed by atoms with E-state index < -0.39 is 0 Å². The SMILES string of the molecule is COc1ccc(-c2ccccc2)c2ncc(N3C=CNC3)nc12. The van der Waals surface area contributed by atoms with Gasteiger partial charge in [0.2, 0.25) is 0 Å². The summed E-state index contributed by atoms with van der Waals surface area (Å²) in [5.41, 5.74) is 3.78. The van der Waals surface area contributed by atoms with Crippen molar-refractivity contribution in [2.24, 2.45) is 0 Å². The normalized spacial score (nSPS) is 13.3. The molecule has 2 aromatic carbocycles. The van der Waals surface area contributed by atoms with E-state index in [-0.39, 0.29) is 0 Å². The summed E-state index contributed by atoms with van der Waals surface area (Å²) in [6.07, 6.45) is 5.64. The van der Waals surface area contributed by atoms with Crippen LogP contribution in [0.3, 0.4) is 0 Å². The van der Waals surface area contributed by atoms with E-state index in [1.54, 1.807) is 13.3 Å². The first-order chi connectivity index (χ1) is 11.4. The lowest BCUT2D eigenvalue weighted by Gasteiger charge is -2.15. The van der Waals surface area contributed by atoms with Gasteiger partial charge in [0.25, 0.3) is 0 Å². The van der Waals surface area contributed by atoms with Crippen molar-refractivity contribution in [1.82, 2.24) is 15.3 Å². The number of rotatable bonds is 3. The summed E-state index contributed by atoms with van der Waals surface area (Å²) < 4.78 is 5.48. The first-order valence-electron chi connectivity index (χ1n) is 7.43. The first kappa shape index (κ1) is 13.6. The van der Waals surface area contributed by atoms with Crippen LogP contribution in [-0.2, 0) is 0 Å². The van der Waals surface area contributed by atoms with E-state index in [1.165, 1.54) is 0 Å². The molecule has 0 fully saturated rings. The molecular weight excluding hydrogens is 288 g/mol. The molecule has 0 bridgehead atoms. The fourth-order valence-electron chi connectivity index (χ4n) is 2.72. The van der Waals surface area contributed by atoms with Gasteiger partial charge in [0.05, 0.1) is 20.0 Å². The molecule has 5 heteroatoms. The van der Waals surface area contributed by atoms with Crippen molar-refractivity contribution in [3.05, 3.63) is 61.1 Å². The van der Waals surface area contributed by atoms with Crippen LogP contribution in [0.2, 0.25) is 0 Å². The van der Waals surface area contributed by atoms with Crippen LogP contribution < -0.4 is 15.0 Å². The monoisotopic (exact) mass is 304 g/mol. The molecule has 3 aromatic rings. The fraction of sp³-hybridized carbons (Fsp3) is 0.111. The number of nitrogens with zero attached hydrogens (tertiary/aromatic N) is 3. The van der Waals surface area contributed by atoms with Gasteiger partial charge < -0.3 is 15.0 Å². The Kier molecular flexibility index (Phi) is 3.31.